The molecule has 0 aliphatic heterocycles. The zero-order valence-electron chi connectivity index (χ0n) is 14.5. The van der Waals surface area contributed by atoms with Gasteiger partial charge in [-0.15, -0.1) is 0 Å². The Hall–Kier alpha value is -2.11. The smallest absolute Gasteiger partial charge is 0.161 e. The van der Waals surface area contributed by atoms with Crippen molar-refractivity contribution in [2.75, 3.05) is 26.4 Å². The molecule has 0 atom stereocenters. The Kier molecular flexibility index (Phi) is 7.70. The maximum absolute atomic E-state index is 14.5. The Balaban J connectivity index is 2.29. The fourth-order valence-corrected chi connectivity index (χ4v) is 2.55. The summed E-state index contributed by atoms with van der Waals surface area (Å²) in [5, 5.41) is 17.8. The Morgan fingerprint density at radius 1 is 0.920 bits per heavy atom. The second-order valence-corrected chi connectivity index (χ2v) is 5.72. The van der Waals surface area contributed by atoms with E-state index in [-0.39, 0.29) is 25.6 Å². The van der Waals surface area contributed by atoms with Crippen molar-refractivity contribution in [3.05, 3.63) is 47.8 Å². The summed E-state index contributed by atoms with van der Waals surface area (Å²) < 4.78 is 25.6. The van der Waals surface area contributed by atoms with Gasteiger partial charge < -0.3 is 19.7 Å². The predicted molar refractivity (Wildman–Crippen MR) is 95.6 cm³/mol. The van der Waals surface area contributed by atoms with Crippen LogP contribution in [0.5, 0.6) is 11.5 Å². The van der Waals surface area contributed by atoms with Crippen molar-refractivity contribution >= 4 is 0 Å². The molecule has 0 unspecified atom stereocenters. The number of hydrogen-bond donors (Lipinski definition) is 2. The largest absolute Gasteiger partial charge is 0.490 e. The number of aryl methyl sites for hydroxylation is 1. The monoisotopic (exact) mass is 348 g/mol. The lowest BCUT2D eigenvalue weighted by molar-refractivity contribution is 0.189. The molecule has 5 heteroatoms. The first-order valence-electron chi connectivity index (χ1n) is 8.59. The fourth-order valence-electron chi connectivity index (χ4n) is 2.55. The third-order valence-corrected chi connectivity index (χ3v) is 3.74. The Morgan fingerprint density at radius 2 is 1.72 bits per heavy atom. The third-order valence-electron chi connectivity index (χ3n) is 3.74. The first-order valence-corrected chi connectivity index (χ1v) is 8.59. The minimum absolute atomic E-state index is 0.0278. The number of rotatable bonds is 10. The number of benzene rings is 2. The minimum Gasteiger partial charge on any atom is -0.490 e. The highest BCUT2D eigenvalue weighted by Gasteiger charge is 2.11. The molecule has 0 fully saturated rings. The molecule has 4 nitrogen and oxygen atoms in total. The third kappa shape index (κ3) is 5.44. The van der Waals surface area contributed by atoms with Crippen LogP contribution in [0.1, 0.15) is 25.3 Å². The van der Waals surface area contributed by atoms with Crippen LogP contribution in [-0.4, -0.2) is 36.6 Å². The van der Waals surface area contributed by atoms with Gasteiger partial charge >= 0.3 is 0 Å². The number of hydrogen-bond acceptors (Lipinski definition) is 4. The Bertz CT molecular complexity index is 673. The molecule has 0 aromatic heterocycles. The molecule has 2 aromatic rings. The van der Waals surface area contributed by atoms with E-state index in [0.29, 0.717) is 35.7 Å². The van der Waals surface area contributed by atoms with Crippen molar-refractivity contribution in [2.24, 2.45) is 0 Å². The van der Waals surface area contributed by atoms with E-state index >= 15 is 0 Å². The van der Waals surface area contributed by atoms with E-state index < -0.39 is 0 Å². The van der Waals surface area contributed by atoms with Gasteiger partial charge in [0.15, 0.2) is 11.5 Å². The predicted octanol–water partition coefficient (Wildman–Crippen LogP) is 3.58. The topological polar surface area (TPSA) is 58.9 Å². The summed E-state index contributed by atoms with van der Waals surface area (Å²) in [5.41, 5.74) is 2.17. The lowest BCUT2D eigenvalue weighted by Gasteiger charge is -2.14. The molecule has 2 N–H and O–H groups in total. The number of aliphatic hydroxyl groups excluding tert-OH is 2. The van der Waals surface area contributed by atoms with E-state index in [1.165, 1.54) is 0 Å². The first-order chi connectivity index (χ1) is 12.2. The van der Waals surface area contributed by atoms with Crippen molar-refractivity contribution in [2.45, 2.75) is 26.2 Å². The molecule has 2 aromatic carbocycles. The SMILES string of the molecule is CCCc1ccc(-c2ccc(OCCO)c(OCCCO)c2)c(F)c1. The Morgan fingerprint density at radius 3 is 2.40 bits per heavy atom. The van der Waals surface area contributed by atoms with Crippen molar-refractivity contribution in [3.63, 3.8) is 0 Å². The van der Waals surface area contributed by atoms with Crippen LogP contribution in [0.15, 0.2) is 36.4 Å². The molecule has 0 radical (unpaired) electrons. The molecule has 25 heavy (non-hydrogen) atoms. The maximum atomic E-state index is 14.5. The molecular formula is C20H25FO4. The summed E-state index contributed by atoms with van der Waals surface area (Å²) in [4.78, 5) is 0. The van der Waals surface area contributed by atoms with E-state index in [1.807, 2.05) is 6.07 Å². The lowest BCUT2D eigenvalue weighted by Crippen LogP contribution is -2.06. The normalized spacial score (nSPS) is 10.7. The van der Waals surface area contributed by atoms with Gasteiger partial charge in [0.2, 0.25) is 0 Å². The first kappa shape index (κ1) is 19.2. The summed E-state index contributed by atoms with van der Waals surface area (Å²) >= 11 is 0. The van der Waals surface area contributed by atoms with Crippen LogP contribution in [0.25, 0.3) is 11.1 Å². The standard InChI is InChI=1S/C20H25FO4/c1-2-4-15-5-7-17(18(21)13-15)16-6-8-19(25-12-10-23)20(14-16)24-11-3-9-22/h5-8,13-14,22-23H,2-4,9-12H2,1H3. The minimum atomic E-state index is -0.267. The van der Waals surface area contributed by atoms with E-state index in [4.69, 9.17) is 19.7 Å². The number of aliphatic hydroxyl groups is 2. The van der Waals surface area contributed by atoms with Crippen molar-refractivity contribution < 1.29 is 24.1 Å². The molecule has 0 heterocycles. The maximum Gasteiger partial charge on any atom is 0.161 e. The highest BCUT2D eigenvalue weighted by Crippen LogP contribution is 2.34. The highest BCUT2D eigenvalue weighted by molar-refractivity contribution is 5.68. The van der Waals surface area contributed by atoms with Crippen molar-refractivity contribution in [1.29, 1.82) is 0 Å². The van der Waals surface area contributed by atoms with E-state index in [1.54, 1.807) is 30.3 Å². The number of halogens is 1. The van der Waals surface area contributed by atoms with Gasteiger partial charge in [0.05, 0.1) is 13.2 Å². The summed E-state index contributed by atoms with van der Waals surface area (Å²) in [6, 6.07) is 10.5. The van der Waals surface area contributed by atoms with E-state index in [9.17, 15) is 4.39 Å². The average molecular weight is 348 g/mol. The van der Waals surface area contributed by atoms with Crippen molar-refractivity contribution in [1.82, 2.24) is 0 Å². The average Bonchev–Trinajstić information content (AvgIpc) is 2.61. The van der Waals surface area contributed by atoms with Crippen LogP contribution in [0, 0.1) is 5.82 Å². The van der Waals surface area contributed by atoms with Gasteiger partial charge in [0.25, 0.3) is 0 Å². The van der Waals surface area contributed by atoms with Gasteiger partial charge in [0, 0.05) is 18.6 Å². The Labute approximate surface area is 147 Å². The van der Waals surface area contributed by atoms with Gasteiger partial charge in [-0.2, -0.15) is 0 Å². The fraction of sp³-hybridized carbons (Fsp3) is 0.400. The second kappa shape index (κ2) is 10.0. The summed E-state index contributed by atoms with van der Waals surface area (Å²) in [6.45, 7) is 2.46. The van der Waals surface area contributed by atoms with Gasteiger partial charge in [-0.1, -0.05) is 31.5 Å². The molecule has 0 bridgehead atoms. The molecule has 2 rings (SSSR count). The molecule has 0 aliphatic rings. The molecular weight excluding hydrogens is 323 g/mol. The summed E-state index contributed by atoms with van der Waals surface area (Å²) in [5.74, 6) is 0.687. The van der Waals surface area contributed by atoms with Crippen LogP contribution in [-0.2, 0) is 6.42 Å². The highest BCUT2D eigenvalue weighted by atomic mass is 19.1. The van der Waals surface area contributed by atoms with Crippen LogP contribution in [0.3, 0.4) is 0 Å². The zero-order chi connectivity index (χ0) is 18.1. The lowest BCUT2D eigenvalue weighted by atomic mass is 10.0. The van der Waals surface area contributed by atoms with Crippen LogP contribution < -0.4 is 9.47 Å². The quantitative estimate of drug-likeness (QED) is 0.645. The van der Waals surface area contributed by atoms with Gasteiger partial charge in [-0.3, -0.25) is 0 Å². The van der Waals surface area contributed by atoms with Crippen LogP contribution in [0.4, 0.5) is 4.39 Å². The van der Waals surface area contributed by atoms with Crippen LogP contribution in [0.2, 0.25) is 0 Å². The van der Waals surface area contributed by atoms with Gasteiger partial charge in [0.1, 0.15) is 12.4 Å². The molecule has 0 saturated heterocycles. The number of ether oxygens (including phenoxy) is 2. The van der Waals surface area contributed by atoms with E-state index in [0.717, 1.165) is 18.4 Å². The van der Waals surface area contributed by atoms with Gasteiger partial charge in [-0.05, 0) is 35.7 Å². The molecule has 0 saturated carbocycles. The summed E-state index contributed by atoms with van der Waals surface area (Å²) in [6.07, 6.45) is 2.31. The molecule has 0 aliphatic carbocycles. The molecule has 0 amide bonds. The molecule has 136 valence electrons. The van der Waals surface area contributed by atoms with Gasteiger partial charge in [-0.25, -0.2) is 4.39 Å². The van der Waals surface area contributed by atoms with Crippen molar-refractivity contribution in [3.8, 4) is 22.6 Å². The molecule has 0 spiro atoms. The van der Waals surface area contributed by atoms with Crippen LogP contribution >= 0.6 is 0 Å². The second-order valence-electron chi connectivity index (χ2n) is 5.72. The zero-order valence-corrected chi connectivity index (χ0v) is 14.5. The summed E-state index contributed by atoms with van der Waals surface area (Å²) in [7, 11) is 0. The van der Waals surface area contributed by atoms with E-state index in [2.05, 4.69) is 6.92 Å².